The predicted octanol–water partition coefficient (Wildman–Crippen LogP) is 3.97. The molecule has 3 aromatic rings. The Bertz CT molecular complexity index is 918. The van der Waals surface area contributed by atoms with E-state index >= 15 is 0 Å². The Morgan fingerprint density at radius 2 is 0.939 bits per heavy atom. The minimum atomic E-state index is -1.06. The van der Waals surface area contributed by atoms with Crippen LogP contribution in [-0.2, 0) is 6.42 Å². The van der Waals surface area contributed by atoms with Crippen molar-refractivity contribution in [3.05, 3.63) is 120 Å². The fourth-order valence-electron chi connectivity index (χ4n) is 2.26. The molecule has 3 rings (SSSR count). The van der Waals surface area contributed by atoms with E-state index in [1.165, 1.54) is 24.3 Å². The summed E-state index contributed by atoms with van der Waals surface area (Å²) in [5, 5.41) is 32.2. The number of hydrogen-bond acceptors (Lipinski definition) is 5. The topological polar surface area (TPSA) is 132 Å². The van der Waals surface area contributed by atoms with Gasteiger partial charge in [-0.2, -0.15) is 0 Å². The SMILES string of the molecule is C=C.O=C(Cc1ccccc1)c1ccccc1.O=C(O)c1ccc(C(=O)O)cc1.OCCO. The van der Waals surface area contributed by atoms with Gasteiger partial charge in [0.25, 0.3) is 0 Å². The summed E-state index contributed by atoms with van der Waals surface area (Å²) >= 11 is 0. The number of carbonyl (C=O) groups is 3. The van der Waals surface area contributed by atoms with Crippen molar-refractivity contribution in [1.29, 1.82) is 0 Å². The smallest absolute Gasteiger partial charge is 0.335 e. The van der Waals surface area contributed by atoms with E-state index in [9.17, 15) is 14.4 Å². The highest BCUT2D eigenvalue weighted by Crippen LogP contribution is 2.07. The molecule has 4 N–H and O–H groups in total. The summed E-state index contributed by atoms with van der Waals surface area (Å²) in [4.78, 5) is 32.5. The first-order valence-electron chi connectivity index (χ1n) is 9.79. The minimum absolute atomic E-state index is 0.0833. The number of carboxylic acid groups (broad SMARTS) is 2. The monoisotopic (exact) mass is 452 g/mol. The highest BCUT2D eigenvalue weighted by molar-refractivity contribution is 5.97. The van der Waals surface area contributed by atoms with Crippen LogP contribution in [0, 0.1) is 0 Å². The molecule has 0 bridgehead atoms. The molecule has 0 aliphatic rings. The number of carboxylic acids is 2. The highest BCUT2D eigenvalue weighted by atomic mass is 16.4. The van der Waals surface area contributed by atoms with Gasteiger partial charge in [0.1, 0.15) is 0 Å². The number of ketones is 1. The molecule has 0 spiro atoms. The average molecular weight is 453 g/mol. The van der Waals surface area contributed by atoms with Crippen LogP contribution in [0.2, 0.25) is 0 Å². The van der Waals surface area contributed by atoms with E-state index in [1.54, 1.807) is 0 Å². The van der Waals surface area contributed by atoms with Gasteiger partial charge in [-0.15, -0.1) is 13.2 Å². The number of benzene rings is 3. The number of carbonyl (C=O) groups excluding carboxylic acids is 1. The van der Waals surface area contributed by atoms with Crippen LogP contribution in [0.1, 0.15) is 36.6 Å². The zero-order chi connectivity index (χ0) is 25.1. The first-order valence-corrected chi connectivity index (χ1v) is 9.79. The molecule has 0 atom stereocenters. The molecule has 0 fully saturated rings. The molecule has 0 saturated carbocycles. The van der Waals surface area contributed by atoms with Crippen LogP contribution < -0.4 is 0 Å². The summed E-state index contributed by atoms with van der Waals surface area (Å²) in [5.41, 5.74) is 2.01. The van der Waals surface area contributed by atoms with Crippen molar-refractivity contribution in [2.45, 2.75) is 6.42 Å². The number of aliphatic hydroxyl groups is 2. The molecule has 7 heteroatoms. The average Bonchev–Trinajstić information content (AvgIpc) is 2.87. The van der Waals surface area contributed by atoms with Crippen molar-refractivity contribution >= 4 is 17.7 Å². The summed E-state index contributed by atoms with van der Waals surface area (Å²) in [6.45, 7) is 5.75. The normalized spacial score (nSPS) is 8.91. The molecule has 0 aliphatic carbocycles. The van der Waals surface area contributed by atoms with Crippen LogP contribution in [-0.4, -0.2) is 51.4 Å². The Balaban J connectivity index is 0.000000511. The molecule has 3 aromatic carbocycles. The Morgan fingerprint density at radius 3 is 1.27 bits per heavy atom. The zero-order valence-corrected chi connectivity index (χ0v) is 18.1. The van der Waals surface area contributed by atoms with Crippen molar-refractivity contribution in [3.8, 4) is 0 Å². The molecule has 7 nitrogen and oxygen atoms in total. The molecule has 0 amide bonds. The number of rotatable bonds is 6. The lowest BCUT2D eigenvalue weighted by atomic mass is 10.0. The van der Waals surface area contributed by atoms with Crippen molar-refractivity contribution < 1.29 is 34.8 Å². The summed E-state index contributed by atoms with van der Waals surface area (Å²) in [7, 11) is 0. The quantitative estimate of drug-likeness (QED) is 0.329. The largest absolute Gasteiger partial charge is 0.478 e. The third kappa shape index (κ3) is 12.4. The second kappa shape index (κ2) is 17.6. The molecule has 174 valence electrons. The van der Waals surface area contributed by atoms with Gasteiger partial charge in [0.05, 0.1) is 24.3 Å². The van der Waals surface area contributed by atoms with E-state index in [0.717, 1.165) is 11.1 Å². The lowest BCUT2D eigenvalue weighted by molar-refractivity contribution is 0.0681. The summed E-state index contributed by atoms with van der Waals surface area (Å²) in [6, 6.07) is 24.2. The second-order valence-corrected chi connectivity index (χ2v) is 6.09. The van der Waals surface area contributed by atoms with Crippen molar-refractivity contribution in [2.24, 2.45) is 0 Å². The van der Waals surface area contributed by atoms with Gasteiger partial charge in [-0.05, 0) is 29.8 Å². The fraction of sp³-hybridized carbons (Fsp3) is 0.115. The van der Waals surface area contributed by atoms with Crippen LogP contribution >= 0.6 is 0 Å². The Hall–Kier alpha value is -4.07. The summed E-state index contributed by atoms with van der Waals surface area (Å²) in [6.07, 6.45) is 0.477. The standard InChI is InChI=1S/C14H12O.C8H6O4.C2H6O2.C2H4/c15-14(13-9-5-2-6-10-13)11-12-7-3-1-4-8-12;9-7(10)5-1-2-6(4-3-5)8(11)12;3-1-2-4;1-2/h1-10H,11H2;1-4H,(H,9,10)(H,11,12);3-4H,1-2H2;1-2H2. The third-order valence-corrected chi connectivity index (χ3v) is 3.78. The van der Waals surface area contributed by atoms with Crippen molar-refractivity contribution in [3.63, 3.8) is 0 Å². The van der Waals surface area contributed by atoms with Crippen LogP contribution in [0.15, 0.2) is 98.1 Å². The lowest BCUT2D eigenvalue weighted by Gasteiger charge is -2.00. The molecule has 0 aliphatic heterocycles. The lowest BCUT2D eigenvalue weighted by Crippen LogP contribution is -2.02. The first-order chi connectivity index (χ1) is 15.9. The van der Waals surface area contributed by atoms with Gasteiger partial charge in [0.2, 0.25) is 0 Å². The molecular weight excluding hydrogens is 424 g/mol. The van der Waals surface area contributed by atoms with E-state index in [0.29, 0.717) is 6.42 Å². The molecular formula is C26H28O7. The molecule has 0 unspecified atom stereocenters. The van der Waals surface area contributed by atoms with Gasteiger partial charge in [0, 0.05) is 12.0 Å². The van der Waals surface area contributed by atoms with E-state index in [1.807, 2.05) is 60.7 Å². The first kappa shape index (κ1) is 28.9. The zero-order valence-electron chi connectivity index (χ0n) is 18.1. The van der Waals surface area contributed by atoms with Crippen molar-refractivity contribution in [2.75, 3.05) is 13.2 Å². The van der Waals surface area contributed by atoms with Crippen molar-refractivity contribution in [1.82, 2.24) is 0 Å². The molecule has 33 heavy (non-hydrogen) atoms. The van der Waals surface area contributed by atoms with E-state index < -0.39 is 11.9 Å². The third-order valence-electron chi connectivity index (χ3n) is 3.78. The van der Waals surface area contributed by atoms with Gasteiger partial charge < -0.3 is 20.4 Å². The molecule has 0 radical (unpaired) electrons. The number of Topliss-reactive ketones (excluding diaryl/α,β-unsaturated/α-hetero) is 1. The second-order valence-electron chi connectivity index (χ2n) is 6.09. The van der Waals surface area contributed by atoms with Gasteiger partial charge in [-0.3, -0.25) is 4.79 Å². The predicted molar refractivity (Wildman–Crippen MR) is 127 cm³/mol. The number of hydrogen-bond donors (Lipinski definition) is 4. The van der Waals surface area contributed by atoms with Gasteiger partial charge >= 0.3 is 11.9 Å². The Morgan fingerprint density at radius 1 is 0.576 bits per heavy atom. The number of aromatic carboxylic acids is 2. The van der Waals surface area contributed by atoms with Crippen LogP contribution in [0.25, 0.3) is 0 Å². The maximum Gasteiger partial charge on any atom is 0.335 e. The fourth-order valence-corrected chi connectivity index (χ4v) is 2.26. The van der Waals surface area contributed by atoms with E-state index in [-0.39, 0.29) is 30.1 Å². The van der Waals surface area contributed by atoms with Gasteiger partial charge in [-0.25, -0.2) is 9.59 Å². The summed E-state index contributed by atoms with van der Waals surface area (Å²) < 4.78 is 0. The Labute approximate surface area is 192 Å². The van der Waals surface area contributed by atoms with Crippen LogP contribution in [0.4, 0.5) is 0 Å². The molecule has 0 saturated heterocycles. The maximum absolute atomic E-state index is 11.8. The molecule has 0 aromatic heterocycles. The minimum Gasteiger partial charge on any atom is -0.478 e. The van der Waals surface area contributed by atoms with Gasteiger partial charge in [-0.1, -0.05) is 60.7 Å². The number of aliphatic hydroxyl groups excluding tert-OH is 2. The summed E-state index contributed by atoms with van der Waals surface area (Å²) in [5.74, 6) is -1.96. The molecule has 0 heterocycles. The van der Waals surface area contributed by atoms with Crippen LogP contribution in [0.5, 0.6) is 0 Å². The Kier molecular flexibility index (Phi) is 15.4. The highest BCUT2D eigenvalue weighted by Gasteiger charge is 2.05. The van der Waals surface area contributed by atoms with Crippen LogP contribution in [0.3, 0.4) is 0 Å². The van der Waals surface area contributed by atoms with E-state index in [4.69, 9.17) is 20.4 Å². The maximum atomic E-state index is 11.8. The van der Waals surface area contributed by atoms with E-state index in [2.05, 4.69) is 13.2 Å². The van der Waals surface area contributed by atoms with Gasteiger partial charge in [0.15, 0.2) is 5.78 Å².